The first kappa shape index (κ1) is 13.4. The highest BCUT2D eigenvalue weighted by Crippen LogP contribution is 2.25. The summed E-state index contributed by atoms with van der Waals surface area (Å²) in [5.74, 6) is 0. The van der Waals surface area contributed by atoms with Crippen LogP contribution in [0.3, 0.4) is 0 Å². The Morgan fingerprint density at radius 2 is 2.12 bits per heavy atom. The van der Waals surface area contributed by atoms with Crippen molar-refractivity contribution in [1.29, 1.82) is 0 Å². The molecule has 1 rings (SSSR count). The van der Waals surface area contributed by atoms with Gasteiger partial charge in [-0.15, -0.1) is 0 Å². The first-order chi connectivity index (χ1) is 8.04. The van der Waals surface area contributed by atoms with Crippen LogP contribution >= 0.6 is 0 Å². The first-order valence-electron chi connectivity index (χ1n) is 5.64. The van der Waals surface area contributed by atoms with Crippen molar-refractivity contribution in [2.75, 3.05) is 33.0 Å². The zero-order valence-corrected chi connectivity index (χ0v) is 10.6. The number of rotatable bonds is 6. The molecule has 0 fully saturated rings. The van der Waals surface area contributed by atoms with Gasteiger partial charge in [-0.05, 0) is 45.1 Å². The molecule has 0 saturated carbocycles. The summed E-state index contributed by atoms with van der Waals surface area (Å²) in [6.07, 6.45) is 1.98. The predicted molar refractivity (Wildman–Crippen MR) is 69.5 cm³/mol. The van der Waals surface area contributed by atoms with Crippen molar-refractivity contribution in [3.8, 4) is 0 Å². The van der Waals surface area contributed by atoms with E-state index >= 15 is 0 Å². The molecule has 0 unspecified atom stereocenters. The minimum Gasteiger partial charge on any atom is -0.383 e. The zero-order valence-electron chi connectivity index (χ0n) is 10.6. The summed E-state index contributed by atoms with van der Waals surface area (Å²) in [5.41, 5.74) is 1.84. The van der Waals surface area contributed by atoms with Gasteiger partial charge in [-0.1, -0.05) is 6.07 Å². The van der Waals surface area contributed by atoms with Crippen molar-refractivity contribution in [2.24, 2.45) is 0 Å². The molecule has 5 nitrogen and oxygen atoms in total. The molecule has 1 aromatic rings. The van der Waals surface area contributed by atoms with Crippen LogP contribution in [0.2, 0.25) is 0 Å². The number of nitrogens with zero attached hydrogens (tertiary/aromatic N) is 2. The number of nitrogens with one attached hydrogen (secondary N) is 1. The first-order valence-corrected chi connectivity index (χ1v) is 5.64. The maximum atomic E-state index is 10.8. The predicted octanol–water partition coefficient (Wildman–Crippen LogP) is 2.13. The Kier molecular flexibility index (Phi) is 4.90. The number of hydrogen-bond donors (Lipinski definition) is 1. The van der Waals surface area contributed by atoms with Crippen LogP contribution < -0.4 is 5.32 Å². The van der Waals surface area contributed by atoms with E-state index in [4.69, 9.17) is 0 Å². The molecule has 0 amide bonds. The van der Waals surface area contributed by atoms with Crippen LogP contribution in [0.25, 0.3) is 0 Å². The molecule has 0 aliphatic heterocycles. The van der Waals surface area contributed by atoms with Crippen molar-refractivity contribution in [2.45, 2.75) is 12.8 Å². The van der Waals surface area contributed by atoms with Crippen LogP contribution in [-0.4, -0.2) is 37.5 Å². The number of aryl methyl sites for hydroxylation is 1. The molecule has 0 bridgehead atoms. The van der Waals surface area contributed by atoms with Crippen LogP contribution in [0.1, 0.15) is 12.0 Å². The summed E-state index contributed by atoms with van der Waals surface area (Å²) in [5, 5.41) is 13.6. The maximum absolute atomic E-state index is 10.8. The van der Waals surface area contributed by atoms with Gasteiger partial charge in [-0.25, -0.2) is 0 Å². The molecule has 0 heterocycles. The molecule has 94 valence electrons. The van der Waals surface area contributed by atoms with Gasteiger partial charge >= 0.3 is 0 Å². The number of nitro benzene ring substituents is 1. The molecule has 17 heavy (non-hydrogen) atoms. The molecule has 0 radical (unpaired) electrons. The van der Waals surface area contributed by atoms with Gasteiger partial charge in [0.05, 0.1) is 4.92 Å². The molecular weight excluding hydrogens is 218 g/mol. The Hall–Kier alpha value is -1.62. The van der Waals surface area contributed by atoms with Gasteiger partial charge < -0.3 is 10.2 Å². The third kappa shape index (κ3) is 4.03. The highest BCUT2D eigenvalue weighted by atomic mass is 16.6. The second-order valence-electron chi connectivity index (χ2n) is 4.27. The molecule has 0 spiro atoms. The number of nitro groups is 1. The fourth-order valence-corrected chi connectivity index (χ4v) is 1.70. The lowest BCUT2D eigenvalue weighted by Crippen LogP contribution is -2.13. The largest absolute Gasteiger partial charge is 0.383 e. The van der Waals surface area contributed by atoms with Gasteiger partial charge in [-0.3, -0.25) is 10.1 Å². The molecule has 0 saturated heterocycles. The van der Waals surface area contributed by atoms with E-state index in [0.29, 0.717) is 5.69 Å². The smallest absolute Gasteiger partial charge is 0.292 e. The Labute approximate surface area is 102 Å². The van der Waals surface area contributed by atoms with Crippen LogP contribution in [0, 0.1) is 10.1 Å². The summed E-state index contributed by atoms with van der Waals surface area (Å²) in [6, 6.07) is 5.25. The molecule has 0 atom stereocenters. The fourth-order valence-electron chi connectivity index (χ4n) is 1.70. The summed E-state index contributed by atoms with van der Waals surface area (Å²) in [6.45, 7) is 1.02. The standard InChI is InChI=1S/C12H19N3O2/c1-13-11-9-10(5-4-8-14(2)3)6-7-12(11)15(16)17/h6-7,9,13H,4-5,8H2,1-3H3. The van der Waals surface area contributed by atoms with Gasteiger partial charge in [0.1, 0.15) is 5.69 Å². The van der Waals surface area contributed by atoms with Gasteiger partial charge in [0.2, 0.25) is 0 Å². The zero-order chi connectivity index (χ0) is 12.8. The average Bonchev–Trinajstić information content (AvgIpc) is 2.28. The maximum Gasteiger partial charge on any atom is 0.292 e. The van der Waals surface area contributed by atoms with Crippen molar-refractivity contribution in [3.05, 3.63) is 33.9 Å². The molecule has 0 aliphatic rings. The van der Waals surface area contributed by atoms with Gasteiger partial charge in [0.25, 0.3) is 5.69 Å². The van der Waals surface area contributed by atoms with Crippen molar-refractivity contribution < 1.29 is 4.92 Å². The van der Waals surface area contributed by atoms with Crippen LogP contribution in [0.5, 0.6) is 0 Å². The summed E-state index contributed by atoms with van der Waals surface area (Å²) < 4.78 is 0. The van der Waals surface area contributed by atoms with Crippen molar-refractivity contribution in [3.63, 3.8) is 0 Å². The molecule has 0 aliphatic carbocycles. The monoisotopic (exact) mass is 237 g/mol. The summed E-state index contributed by atoms with van der Waals surface area (Å²) in [4.78, 5) is 12.5. The number of anilines is 1. The van der Waals surface area contributed by atoms with E-state index in [-0.39, 0.29) is 10.6 Å². The minimum atomic E-state index is -0.366. The highest BCUT2D eigenvalue weighted by Gasteiger charge is 2.12. The number of hydrogen-bond acceptors (Lipinski definition) is 4. The second-order valence-corrected chi connectivity index (χ2v) is 4.27. The normalized spacial score (nSPS) is 10.6. The van der Waals surface area contributed by atoms with E-state index in [1.54, 1.807) is 13.1 Å². The van der Waals surface area contributed by atoms with Gasteiger partial charge in [-0.2, -0.15) is 0 Å². The van der Waals surface area contributed by atoms with E-state index in [0.717, 1.165) is 24.9 Å². The van der Waals surface area contributed by atoms with E-state index in [2.05, 4.69) is 10.2 Å². The van der Waals surface area contributed by atoms with Crippen LogP contribution in [0.4, 0.5) is 11.4 Å². The second kappa shape index (κ2) is 6.20. The van der Waals surface area contributed by atoms with E-state index in [1.807, 2.05) is 26.2 Å². The Balaban J connectivity index is 2.72. The third-order valence-corrected chi connectivity index (χ3v) is 2.60. The number of benzene rings is 1. The van der Waals surface area contributed by atoms with Crippen molar-refractivity contribution in [1.82, 2.24) is 4.90 Å². The van der Waals surface area contributed by atoms with Gasteiger partial charge in [0.15, 0.2) is 0 Å². The Morgan fingerprint density at radius 1 is 1.41 bits per heavy atom. The van der Waals surface area contributed by atoms with Crippen LogP contribution in [0.15, 0.2) is 18.2 Å². The fraction of sp³-hybridized carbons (Fsp3) is 0.500. The van der Waals surface area contributed by atoms with Crippen molar-refractivity contribution >= 4 is 11.4 Å². The minimum absolute atomic E-state index is 0.129. The van der Waals surface area contributed by atoms with E-state index < -0.39 is 0 Å². The Morgan fingerprint density at radius 3 is 2.65 bits per heavy atom. The van der Waals surface area contributed by atoms with E-state index in [9.17, 15) is 10.1 Å². The molecule has 1 N–H and O–H groups in total. The van der Waals surface area contributed by atoms with Crippen LogP contribution in [-0.2, 0) is 6.42 Å². The molecule has 5 heteroatoms. The molecule has 1 aromatic carbocycles. The molecule has 0 aromatic heterocycles. The lowest BCUT2D eigenvalue weighted by Gasteiger charge is -2.09. The average molecular weight is 237 g/mol. The van der Waals surface area contributed by atoms with Gasteiger partial charge in [0, 0.05) is 13.1 Å². The quantitative estimate of drug-likeness (QED) is 0.608. The highest BCUT2D eigenvalue weighted by molar-refractivity contribution is 5.62. The topological polar surface area (TPSA) is 58.4 Å². The molecular formula is C12H19N3O2. The lowest BCUT2D eigenvalue weighted by molar-refractivity contribution is -0.383. The third-order valence-electron chi connectivity index (χ3n) is 2.60. The SMILES string of the molecule is CNc1cc(CCCN(C)C)ccc1[N+](=O)[O-]. The Bertz CT molecular complexity index is 391. The van der Waals surface area contributed by atoms with E-state index in [1.165, 1.54) is 0 Å². The lowest BCUT2D eigenvalue weighted by atomic mass is 10.1. The summed E-state index contributed by atoms with van der Waals surface area (Å²) >= 11 is 0. The summed E-state index contributed by atoms with van der Waals surface area (Å²) in [7, 11) is 5.77.